The number of piperazine rings is 1. The van der Waals surface area contributed by atoms with Crippen molar-refractivity contribution in [3.05, 3.63) is 42.0 Å². The maximum Gasteiger partial charge on any atom is 0.254 e. The molecule has 0 aromatic heterocycles. The van der Waals surface area contributed by atoms with Gasteiger partial charge in [0, 0.05) is 31.7 Å². The quantitative estimate of drug-likeness (QED) is 0.712. The Balaban J connectivity index is 1.74. The topological polar surface area (TPSA) is 60.5 Å². The molecule has 0 unspecified atom stereocenters. The van der Waals surface area contributed by atoms with E-state index in [1.807, 2.05) is 30.0 Å². The molecule has 2 aromatic rings. The van der Waals surface area contributed by atoms with Gasteiger partial charge in [-0.25, -0.2) is 0 Å². The number of carbonyl (C=O) groups is 1. The van der Waals surface area contributed by atoms with Crippen LogP contribution in [0.3, 0.4) is 0 Å². The predicted octanol–water partition coefficient (Wildman–Crippen LogP) is 3.07. The van der Waals surface area contributed by atoms with Crippen molar-refractivity contribution in [2.24, 2.45) is 0 Å². The highest BCUT2D eigenvalue weighted by molar-refractivity contribution is 5.96. The Labute approximate surface area is 171 Å². The molecule has 7 heteroatoms. The fraction of sp³-hybridized carbons (Fsp3) is 0.409. The summed E-state index contributed by atoms with van der Waals surface area (Å²) in [6.45, 7) is 5.31. The van der Waals surface area contributed by atoms with E-state index in [9.17, 15) is 4.79 Å². The van der Waals surface area contributed by atoms with E-state index in [4.69, 9.17) is 18.9 Å². The molecule has 0 saturated carbocycles. The first-order valence-electron chi connectivity index (χ1n) is 9.69. The smallest absolute Gasteiger partial charge is 0.254 e. The Bertz CT molecular complexity index is 822. The van der Waals surface area contributed by atoms with Crippen molar-refractivity contribution in [1.29, 1.82) is 0 Å². The molecule has 1 aliphatic rings. The van der Waals surface area contributed by atoms with Crippen LogP contribution < -0.4 is 23.8 Å². The van der Waals surface area contributed by atoms with E-state index in [2.05, 4.69) is 11.0 Å². The second-order valence-corrected chi connectivity index (χ2v) is 6.59. The molecule has 1 heterocycles. The van der Waals surface area contributed by atoms with Crippen LogP contribution in [0.15, 0.2) is 36.4 Å². The maximum atomic E-state index is 13.1. The molecule has 0 aliphatic carbocycles. The zero-order valence-corrected chi connectivity index (χ0v) is 17.4. The van der Waals surface area contributed by atoms with E-state index >= 15 is 0 Å². The second kappa shape index (κ2) is 9.41. The van der Waals surface area contributed by atoms with Gasteiger partial charge in [0.05, 0.1) is 33.6 Å². The van der Waals surface area contributed by atoms with E-state index in [1.165, 1.54) is 0 Å². The second-order valence-electron chi connectivity index (χ2n) is 6.59. The number of anilines is 1. The maximum absolute atomic E-state index is 13.1. The van der Waals surface area contributed by atoms with E-state index in [0.29, 0.717) is 42.5 Å². The van der Waals surface area contributed by atoms with E-state index in [-0.39, 0.29) is 5.91 Å². The Morgan fingerprint density at radius 1 is 0.897 bits per heavy atom. The van der Waals surface area contributed by atoms with Crippen LogP contribution in [-0.4, -0.2) is 64.9 Å². The zero-order valence-electron chi connectivity index (χ0n) is 17.4. The highest BCUT2D eigenvalue weighted by atomic mass is 16.5. The van der Waals surface area contributed by atoms with Crippen molar-refractivity contribution in [1.82, 2.24) is 4.90 Å². The first kappa shape index (κ1) is 20.6. The molecule has 1 fully saturated rings. The van der Waals surface area contributed by atoms with E-state index in [1.54, 1.807) is 33.5 Å². The molecule has 156 valence electrons. The van der Waals surface area contributed by atoms with Gasteiger partial charge in [-0.2, -0.15) is 0 Å². The first-order valence-corrected chi connectivity index (χ1v) is 9.69. The van der Waals surface area contributed by atoms with Crippen molar-refractivity contribution in [2.45, 2.75) is 6.92 Å². The molecule has 0 bridgehead atoms. The summed E-state index contributed by atoms with van der Waals surface area (Å²) >= 11 is 0. The van der Waals surface area contributed by atoms with Crippen LogP contribution in [-0.2, 0) is 0 Å². The van der Waals surface area contributed by atoms with Gasteiger partial charge in [-0.05, 0) is 31.2 Å². The fourth-order valence-electron chi connectivity index (χ4n) is 3.53. The summed E-state index contributed by atoms with van der Waals surface area (Å²) in [5, 5.41) is 0. The van der Waals surface area contributed by atoms with Crippen molar-refractivity contribution >= 4 is 11.6 Å². The minimum absolute atomic E-state index is 0.0537. The summed E-state index contributed by atoms with van der Waals surface area (Å²) in [6.07, 6.45) is 0. The van der Waals surface area contributed by atoms with Crippen molar-refractivity contribution in [3.63, 3.8) is 0 Å². The third kappa shape index (κ3) is 4.34. The fourth-order valence-corrected chi connectivity index (χ4v) is 3.53. The average molecular weight is 400 g/mol. The summed E-state index contributed by atoms with van der Waals surface area (Å²) in [5.41, 5.74) is 1.58. The van der Waals surface area contributed by atoms with Gasteiger partial charge in [0.2, 0.25) is 5.75 Å². The first-order chi connectivity index (χ1) is 14.1. The minimum Gasteiger partial charge on any atom is -0.493 e. The third-order valence-electron chi connectivity index (χ3n) is 4.98. The standard InChI is InChI=1S/C22H28N2O5/c1-5-29-18-9-7-6-8-17(18)23-10-12-24(13-11-23)22(25)16-14-19(26-2)21(28-4)20(15-16)27-3/h6-9,14-15H,5,10-13H2,1-4H3. The van der Waals surface area contributed by atoms with Crippen LogP contribution >= 0.6 is 0 Å². The van der Waals surface area contributed by atoms with Gasteiger partial charge in [0.1, 0.15) is 5.75 Å². The summed E-state index contributed by atoms with van der Waals surface area (Å²) in [6, 6.07) is 11.4. The van der Waals surface area contributed by atoms with Crippen LogP contribution in [0.2, 0.25) is 0 Å². The SMILES string of the molecule is CCOc1ccccc1N1CCN(C(=O)c2cc(OC)c(OC)c(OC)c2)CC1. The molecule has 1 amide bonds. The normalized spacial score (nSPS) is 13.8. The molecule has 0 atom stereocenters. The lowest BCUT2D eigenvalue weighted by molar-refractivity contribution is 0.0746. The van der Waals surface area contributed by atoms with Gasteiger partial charge < -0.3 is 28.7 Å². The summed E-state index contributed by atoms with van der Waals surface area (Å²) < 4.78 is 21.8. The van der Waals surface area contributed by atoms with Crippen molar-refractivity contribution in [3.8, 4) is 23.0 Å². The van der Waals surface area contributed by atoms with E-state index < -0.39 is 0 Å². The lowest BCUT2D eigenvalue weighted by Crippen LogP contribution is -2.48. The summed E-state index contributed by atoms with van der Waals surface area (Å²) in [5.74, 6) is 2.24. The van der Waals surface area contributed by atoms with Gasteiger partial charge >= 0.3 is 0 Å². The van der Waals surface area contributed by atoms with Gasteiger partial charge in [0.15, 0.2) is 11.5 Å². The van der Waals surface area contributed by atoms with Crippen LogP contribution in [0.25, 0.3) is 0 Å². The van der Waals surface area contributed by atoms with Crippen LogP contribution in [0.5, 0.6) is 23.0 Å². The lowest BCUT2D eigenvalue weighted by Gasteiger charge is -2.36. The minimum atomic E-state index is -0.0537. The molecule has 0 spiro atoms. The lowest BCUT2D eigenvalue weighted by atomic mass is 10.1. The molecular weight excluding hydrogens is 372 g/mol. The molecule has 2 aromatic carbocycles. The van der Waals surface area contributed by atoms with Crippen molar-refractivity contribution < 1.29 is 23.7 Å². The number of amides is 1. The predicted molar refractivity (Wildman–Crippen MR) is 112 cm³/mol. The molecule has 1 aliphatic heterocycles. The number of ether oxygens (including phenoxy) is 4. The van der Waals surface area contributed by atoms with Gasteiger partial charge in [-0.1, -0.05) is 12.1 Å². The van der Waals surface area contributed by atoms with Crippen LogP contribution in [0.4, 0.5) is 5.69 Å². The molecule has 0 radical (unpaired) electrons. The van der Waals surface area contributed by atoms with E-state index in [0.717, 1.165) is 24.5 Å². The number of rotatable bonds is 7. The highest BCUT2D eigenvalue weighted by Gasteiger charge is 2.25. The van der Waals surface area contributed by atoms with Crippen LogP contribution in [0, 0.1) is 0 Å². The average Bonchev–Trinajstić information content (AvgIpc) is 2.78. The molecule has 29 heavy (non-hydrogen) atoms. The molecule has 7 nitrogen and oxygen atoms in total. The number of para-hydroxylation sites is 2. The van der Waals surface area contributed by atoms with Gasteiger partial charge in [-0.3, -0.25) is 4.79 Å². The summed E-state index contributed by atoms with van der Waals surface area (Å²) in [7, 11) is 4.63. The molecule has 3 rings (SSSR count). The molecular formula is C22H28N2O5. The Morgan fingerprint density at radius 2 is 1.52 bits per heavy atom. The number of methoxy groups -OCH3 is 3. The van der Waals surface area contributed by atoms with Crippen LogP contribution in [0.1, 0.15) is 17.3 Å². The molecule has 0 N–H and O–H groups in total. The largest absolute Gasteiger partial charge is 0.493 e. The molecule has 1 saturated heterocycles. The number of nitrogens with zero attached hydrogens (tertiary/aromatic N) is 2. The Kier molecular flexibility index (Phi) is 6.69. The van der Waals surface area contributed by atoms with Gasteiger partial charge in [0.25, 0.3) is 5.91 Å². The third-order valence-corrected chi connectivity index (χ3v) is 4.98. The Morgan fingerprint density at radius 3 is 2.07 bits per heavy atom. The summed E-state index contributed by atoms with van der Waals surface area (Å²) in [4.78, 5) is 17.2. The number of hydrogen-bond donors (Lipinski definition) is 0. The number of carbonyl (C=O) groups excluding carboxylic acids is 1. The zero-order chi connectivity index (χ0) is 20.8. The van der Waals surface area contributed by atoms with Crippen molar-refractivity contribution in [2.75, 3.05) is 59.0 Å². The van der Waals surface area contributed by atoms with Gasteiger partial charge in [-0.15, -0.1) is 0 Å². The number of benzene rings is 2. The highest BCUT2D eigenvalue weighted by Crippen LogP contribution is 2.38. The monoisotopic (exact) mass is 400 g/mol. The Hall–Kier alpha value is -3.09. The number of hydrogen-bond acceptors (Lipinski definition) is 6.